The van der Waals surface area contributed by atoms with Crippen molar-refractivity contribution < 1.29 is 0 Å². The highest BCUT2D eigenvalue weighted by Gasteiger charge is 2.31. The summed E-state index contributed by atoms with van der Waals surface area (Å²) in [6.45, 7) is 6.28. The molecule has 0 aromatic carbocycles. The van der Waals surface area contributed by atoms with Gasteiger partial charge in [0.05, 0.1) is 6.63 Å². The first-order valence-electron chi connectivity index (χ1n) is 5.02. The Morgan fingerprint density at radius 3 is 1.77 bits per heavy atom. The molecule has 0 saturated heterocycles. The van der Waals surface area contributed by atoms with Crippen LogP contribution >= 0.6 is 29.1 Å². The second-order valence-electron chi connectivity index (χ2n) is 5.13. The molecule has 1 aliphatic carbocycles. The van der Waals surface area contributed by atoms with E-state index in [0.29, 0.717) is 11.1 Å². The topological polar surface area (TPSA) is 0 Å². The van der Waals surface area contributed by atoms with E-state index in [1.165, 1.54) is 25.7 Å². The Morgan fingerprint density at radius 1 is 1.00 bits per heavy atom. The largest absolute Gasteiger partial charge is 0.0886 e. The molecular formula is C10H19Cl2P. The third-order valence-electron chi connectivity index (χ3n) is 3.20. The van der Waals surface area contributed by atoms with Crippen LogP contribution < -0.4 is 0 Å². The van der Waals surface area contributed by atoms with Crippen LogP contribution in [0.25, 0.3) is 0 Å². The molecule has 0 nitrogen and oxygen atoms in total. The lowest BCUT2D eigenvalue weighted by atomic mass is 9.72. The van der Waals surface area contributed by atoms with E-state index in [9.17, 15) is 0 Å². The first kappa shape index (κ1) is 12.1. The summed E-state index contributed by atoms with van der Waals surface area (Å²) in [6, 6.07) is 0. The summed E-state index contributed by atoms with van der Waals surface area (Å²) in [7, 11) is 0. The van der Waals surface area contributed by atoms with Gasteiger partial charge in [-0.3, -0.25) is 0 Å². The Morgan fingerprint density at radius 2 is 1.46 bits per heavy atom. The molecule has 13 heavy (non-hydrogen) atoms. The Balaban J connectivity index is 2.39. The van der Waals surface area contributed by atoms with Crippen LogP contribution in [0.5, 0.6) is 0 Å². The van der Waals surface area contributed by atoms with E-state index < -0.39 is 6.63 Å². The molecule has 0 heterocycles. The van der Waals surface area contributed by atoms with Gasteiger partial charge in [-0.25, -0.2) is 0 Å². The van der Waals surface area contributed by atoms with Gasteiger partial charge < -0.3 is 0 Å². The molecule has 0 amide bonds. The van der Waals surface area contributed by atoms with Crippen molar-refractivity contribution >= 4 is 29.1 Å². The smallest absolute Gasteiger partial charge is 0.0778 e. The average Bonchev–Trinajstić information content (AvgIpc) is 2.03. The van der Waals surface area contributed by atoms with Crippen molar-refractivity contribution in [1.82, 2.24) is 0 Å². The third-order valence-corrected chi connectivity index (χ3v) is 5.92. The van der Waals surface area contributed by atoms with Crippen molar-refractivity contribution in [3.8, 4) is 0 Å². The number of rotatable bonds is 1. The summed E-state index contributed by atoms with van der Waals surface area (Å²) >= 11 is 11.9. The van der Waals surface area contributed by atoms with Crippen molar-refractivity contribution in [2.24, 2.45) is 11.3 Å². The molecule has 1 rings (SSSR count). The monoisotopic (exact) mass is 240 g/mol. The van der Waals surface area contributed by atoms with Crippen LogP contribution in [0.1, 0.15) is 46.5 Å². The molecule has 0 atom stereocenters. The first-order chi connectivity index (χ1) is 5.91. The number of hydrogen-bond acceptors (Lipinski definition) is 0. The molecule has 1 aliphatic rings. The van der Waals surface area contributed by atoms with E-state index in [-0.39, 0.29) is 0 Å². The lowest BCUT2D eigenvalue weighted by Gasteiger charge is -2.37. The minimum Gasteiger partial charge on any atom is -0.0778 e. The van der Waals surface area contributed by atoms with E-state index in [0.717, 1.165) is 5.92 Å². The predicted molar refractivity (Wildman–Crippen MR) is 63.8 cm³/mol. The van der Waals surface area contributed by atoms with E-state index in [1.54, 1.807) is 0 Å². The zero-order valence-corrected chi connectivity index (χ0v) is 11.1. The van der Waals surface area contributed by atoms with Crippen LogP contribution in [0.3, 0.4) is 0 Å². The van der Waals surface area contributed by atoms with Gasteiger partial charge in [0.1, 0.15) is 0 Å². The quantitative estimate of drug-likeness (QED) is 0.540. The van der Waals surface area contributed by atoms with Gasteiger partial charge in [-0.05, 0) is 37.0 Å². The highest BCUT2D eigenvalue weighted by atomic mass is 35.9. The molecule has 0 radical (unpaired) electrons. The lowest BCUT2D eigenvalue weighted by molar-refractivity contribution is 0.182. The molecule has 1 fully saturated rings. The van der Waals surface area contributed by atoms with E-state index in [2.05, 4.69) is 20.8 Å². The fraction of sp³-hybridized carbons (Fsp3) is 1.00. The van der Waals surface area contributed by atoms with Crippen molar-refractivity contribution in [3.05, 3.63) is 0 Å². The van der Waals surface area contributed by atoms with Gasteiger partial charge >= 0.3 is 0 Å². The maximum Gasteiger partial charge on any atom is 0.0886 e. The molecule has 0 spiro atoms. The first-order valence-corrected chi connectivity index (χ1v) is 8.24. The Hall–Kier alpha value is 1.01. The molecule has 0 N–H and O–H groups in total. The predicted octanol–water partition coefficient (Wildman–Crippen LogP) is 5.38. The average molecular weight is 241 g/mol. The van der Waals surface area contributed by atoms with Gasteiger partial charge in [-0.1, -0.05) is 43.3 Å². The molecule has 0 unspecified atom stereocenters. The zero-order chi connectivity index (χ0) is 10.1. The standard InChI is InChI=1S/C10H19Cl2P/c1-10(2,3)8-4-6-9(7-5-8)13(11)12/h8-9H,4-7H2,1-3H3. The van der Waals surface area contributed by atoms with Gasteiger partial charge in [-0.15, -0.1) is 0 Å². The van der Waals surface area contributed by atoms with Crippen LogP contribution in [0.2, 0.25) is 0 Å². The van der Waals surface area contributed by atoms with E-state index in [1.807, 2.05) is 0 Å². The minimum absolute atomic E-state index is 0.465. The van der Waals surface area contributed by atoms with Crippen LogP contribution in [-0.2, 0) is 0 Å². The molecule has 0 bridgehead atoms. The fourth-order valence-corrected chi connectivity index (χ4v) is 4.00. The molecular weight excluding hydrogens is 222 g/mol. The Labute approximate surface area is 92.7 Å². The van der Waals surface area contributed by atoms with Crippen molar-refractivity contribution in [2.75, 3.05) is 0 Å². The summed E-state index contributed by atoms with van der Waals surface area (Å²) < 4.78 is 0. The highest BCUT2D eigenvalue weighted by molar-refractivity contribution is 8.04. The zero-order valence-electron chi connectivity index (χ0n) is 8.69. The highest BCUT2D eigenvalue weighted by Crippen LogP contribution is 2.57. The van der Waals surface area contributed by atoms with Crippen molar-refractivity contribution in [2.45, 2.75) is 52.1 Å². The van der Waals surface area contributed by atoms with Crippen molar-refractivity contribution in [3.63, 3.8) is 0 Å². The summed E-state index contributed by atoms with van der Waals surface area (Å²) in [5.41, 5.74) is 1.07. The summed E-state index contributed by atoms with van der Waals surface area (Å²) in [5, 5.41) is 0. The Kier molecular flexibility index (Phi) is 4.36. The normalized spacial score (nSPS) is 30.9. The van der Waals surface area contributed by atoms with Crippen LogP contribution in [-0.4, -0.2) is 5.66 Å². The van der Waals surface area contributed by atoms with Crippen molar-refractivity contribution in [1.29, 1.82) is 0 Å². The summed E-state index contributed by atoms with van der Waals surface area (Å²) in [6.07, 6.45) is 5.10. The summed E-state index contributed by atoms with van der Waals surface area (Å²) in [4.78, 5) is 0. The third kappa shape index (κ3) is 3.57. The molecule has 0 aromatic rings. The maximum absolute atomic E-state index is 5.95. The van der Waals surface area contributed by atoms with Gasteiger partial charge in [0, 0.05) is 5.66 Å². The fourth-order valence-electron chi connectivity index (χ4n) is 2.14. The summed E-state index contributed by atoms with van der Waals surface area (Å²) in [5.74, 6) is 0.868. The van der Waals surface area contributed by atoms with Gasteiger partial charge in [-0.2, -0.15) is 0 Å². The number of halogens is 2. The van der Waals surface area contributed by atoms with Crippen LogP contribution in [0, 0.1) is 11.3 Å². The SMILES string of the molecule is CC(C)(C)C1CCC(P(Cl)Cl)CC1. The van der Waals surface area contributed by atoms with Crippen LogP contribution in [0.15, 0.2) is 0 Å². The molecule has 3 heteroatoms. The second-order valence-corrected chi connectivity index (χ2v) is 9.08. The lowest BCUT2D eigenvalue weighted by Crippen LogP contribution is -2.26. The molecule has 0 aromatic heterocycles. The minimum atomic E-state index is -0.729. The van der Waals surface area contributed by atoms with Gasteiger partial charge in [0.2, 0.25) is 0 Å². The van der Waals surface area contributed by atoms with E-state index >= 15 is 0 Å². The van der Waals surface area contributed by atoms with Gasteiger partial charge in [0.15, 0.2) is 0 Å². The van der Waals surface area contributed by atoms with Crippen LogP contribution in [0.4, 0.5) is 0 Å². The Bertz CT molecular complexity index is 155. The number of hydrogen-bond donors (Lipinski definition) is 0. The molecule has 78 valence electrons. The molecule has 1 saturated carbocycles. The maximum atomic E-state index is 5.95. The van der Waals surface area contributed by atoms with E-state index in [4.69, 9.17) is 22.5 Å². The van der Waals surface area contributed by atoms with Gasteiger partial charge in [0.25, 0.3) is 0 Å². The second kappa shape index (κ2) is 4.69. The molecule has 0 aliphatic heterocycles.